The topological polar surface area (TPSA) is 74.2 Å². The number of urea groups is 1. The molecule has 0 radical (unpaired) electrons. The van der Waals surface area contributed by atoms with Crippen LogP contribution in [0.15, 0.2) is 36.5 Å². The number of hydrogen-bond acceptors (Lipinski definition) is 5. The number of thiazole rings is 1. The molecule has 1 aromatic carbocycles. The predicted octanol–water partition coefficient (Wildman–Crippen LogP) is 3.05. The average molecular weight is 337 g/mol. The van der Waals surface area contributed by atoms with Crippen LogP contribution in [0.3, 0.4) is 0 Å². The van der Waals surface area contributed by atoms with Crippen molar-refractivity contribution in [3.05, 3.63) is 36.5 Å². The van der Waals surface area contributed by atoms with Gasteiger partial charge in [0.1, 0.15) is 0 Å². The van der Waals surface area contributed by atoms with E-state index in [9.17, 15) is 4.79 Å². The molecule has 0 fully saturated rings. The van der Waals surface area contributed by atoms with Crippen molar-refractivity contribution < 1.29 is 9.90 Å². The SMILES string of the molecule is O=C(NCCSCCCO)Nc1ncc(-c2ccccc2)s1. The van der Waals surface area contributed by atoms with Crippen LogP contribution in [-0.2, 0) is 0 Å². The Morgan fingerprint density at radius 3 is 2.86 bits per heavy atom. The molecule has 2 aromatic rings. The van der Waals surface area contributed by atoms with Crippen molar-refractivity contribution in [1.29, 1.82) is 0 Å². The fourth-order valence-corrected chi connectivity index (χ4v) is 3.32. The quantitative estimate of drug-likeness (QED) is 0.647. The normalized spacial score (nSPS) is 10.4. The molecular weight excluding hydrogens is 318 g/mol. The van der Waals surface area contributed by atoms with Gasteiger partial charge in [-0.25, -0.2) is 9.78 Å². The molecule has 0 aliphatic heterocycles. The van der Waals surface area contributed by atoms with Crippen LogP contribution in [0.5, 0.6) is 0 Å². The van der Waals surface area contributed by atoms with Crippen LogP contribution >= 0.6 is 23.1 Å². The van der Waals surface area contributed by atoms with Crippen molar-refractivity contribution in [3.8, 4) is 10.4 Å². The molecule has 7 heteroatoms. The number of nitrogens with zero attached hydrogens (tertiary/aromatic N) is 1. The standard InChI is InChI=1S/C15H19N3O2S2/c19-8-4-9-21-10-7-16-14(20)18-15-17-11-13(22-15)12-5-2-1-3-6-12/h1-3,5-6,11,19H,4,7-10H2,(H2,16,17,18,20). The molecule has 22 heavy (non-hydrogen) atoms. The molecule has 1 heterocycles. The van der Waals surface area contributed by atoms with Crippen LogP contribution < -0.4 is 10.6 Å². The van der Waals surface area contributed by atoms with Gasteiger partial charge in [-0.2, -0.15) is 11.8 Å². The predicted molar refractivity (Wildman–Crippen MR) is 93.6 cm³/mol. The fraction of sp³-hybridized carbons (Fsp3) is 0.333. The molecule has 2 rings (SSSR count). The highest BCUT2D eigenvalue weighted by Crippen LogP contribution is 2.28. The van der Waals surface area contributed by atoms with E-state index in [1.54, 1.807) is 18.0 Å². The minimum absolute atomic E-state index is 0.217. The first-order valence-electron chi connectivity index (χ1n) is 7.04. The second kappa shape index (κ2) is 9.45. The summed E-state index contributed by atoms with van der Waals surface area (Å²) in [5.74, 6) is 1.74. The number of amides is 2. The van der Waals surface area contributed by atoms with Crippen LogP contribution in [0, 0.1) is 0 Å². The molecule has 0 unspecified atom stereocenters. The van der Waals surface area contributed by atoms with Gasteiger partial charge in [-0.15, -0.1) is 0 Å². The largest absolute Gasteiger partial charge is 0.396 e. The maximum atomic E-state index is 11.7. The van der Waals surface area contributed by atoms with E-state index in [0.29, 0.717) is 11.7 Å². The van der Waals surface area contributed by atoms with E-state index in [1.165, 1.54) is 11.3 Å². The summed E-state index contributed by atoms with van der Waals surface area (Å²) < 4.78 is 0. The van der Waals surface area contributed by atoms with Crippen LogP contribution in [0.25, 0.3) is 10.4 Å². The minimum atomic E-state index is -0.239. The monoisotopic (exact) mass is 337 g/mol. The fourth-order valence-electron chi connectivity index (χ4n) is 1.71. The number of aromatic nitrogens is 1. The Hall–Kier alpha value is -1.57. The number of nitrogens with one attached hydrogen (secondary N) is 2. The molecule has 0 saturated heterocycles. The van der Waals surface area contributed by atoms with E-state index < -0.39 is 0 Å². The first kappa shape index (κ1) is 16.8. The zero-order valence-electron chi connectivity index (χ0n) is 12.1. The third-order valence-electron chi connectivity index (χ3n) is 2.76. The van der Waals surface area contributed by atoms with Gasteiger partial charge in [0.05, 0.1) is 4.88 Å². The second-order valence-electron chi connectivity index (χ2n) is 4.47. The molecular formula is C15H19N3O2S2. The number of anilines is 1. The molecule has 0 aliphatic rings. The number of benzene rings is 1. The Kier molecular flexibility index (Phi) is 7.21. The van der Waals surface area contributed by atoms with Crippen molar-refractivity contribution in [1.82, 2.24) is 10.3 Å². The van der Waals surface area contributed by atoms with Crippen LogP contribution in [0.4, 0.5) is 9.93 Å². The number of rotatable bonds is 8. The number of carbonyl (C=O) groups is 1. The van der Waals surface area contributed by atoms with Crippen LogP contribution in [0.2, 0.25) is 0 Å². The summed E-state index contributed by atoms with van der Waals surface area (Å²) >= 11 is 3.16. The van der Waals surface area contributed by atoms with Crippen molar-refractivity contribution in [2.45, 2.75) is 6.42 Å². The van der Waals surface area contributed by atoms with Gasteiger partial charge < -0.3 is 10.4 Å². The molecule has 3 N–H and O–H groups in total. The maximum Gasteiger partial charge on any atom is 0.321 e. The van der Waals surface area contributed by atoms with Crippen molar-refractivity contribution in [2.24, 2.45) is 0 Å². The molecule has 1 aromatic heterocycles. The molecule has 0 atom stereocenters. The Balaban J connectivity index is 1.72. The van der Waals surface area contributed by atoms with Crippen molar-refractivity contribution >= 4 is 34.3 Å². The highest BCUT2D eigenvalue weighted by molar-refractivity contribution is 7.99. The van der Waals surface area contributed by atoms with E-state index in [4.69, 9.17) is 5.11 Å². The number of carbonyl (C=O) groups excluding carboxylic acids is 1. The zero-order chi connectivity index (χ0) is 15.6. The smallest absolute Gasteiger partial charge is 0.321 e. The van der Waals surface area contributed by atoms with Gasteiger partial charge in [0.2, 0.25) is 0 Å². The number of aliphatic hydroxyl groups excluding tert-OH is 1. The lowest BCUT2D eigenvalue weighted by Crippen LogP contribution is -2.30. The third kappa shape index (κ3) is 5.67. The lowest BCUT2D eigenvalue weighted by molar-refractivity contribution is 0.252. The Labute approximate surface area is 138 Å². The summed E-state index contributed by atoms with van der Waals surface area (Å²) in [7, 11) is 0. The minimum Gasteiger partial charge on any atom is -0.396 e. The Morgan fingerprint density at radius 2 is 2.09 bits per heavy atom. The summed E-state index contributed by atoms with van der Waals surface area (Å²) in [6.45, 7) is 0.813. The molecule has 0 bridgehead atoms. The van der Waals surface area contributed by atoms with E-state index in [0.717, 1.165) is 28.4 Å². The summed E-state index contributed by atoms with van der Waals surface area (Å²) in [5, 5.41) is 14.8. The summed E-state index contributed by atoms with van der Waals surface area (Å²) in [4.78, 5) is 17.0. The van der Waals surface area contributed by atoms with Gasteiger partial charge >= 0.3 is 6.03 Å². The maximum absolute atomic E-state index is 11.7. The number of thioether (sulfide) groups is 1. The van der Waals surface area contributed by atoms with Crippen molar-refractivity contribution in [2.75, 3.05) is 30.0 Å². The van der Waals surface area contributed by atoms with E-state index in [-0.39, 0.29) is 12.6 Å². The molecule has 5 nitrogen and oxygen atoms in total. The first-order chi connectivity index (χ1) is 10.8. The first-order valence-corrected chi connectivity index (χ1v) is 9.01. The van der Waals surface area contributed by atoms with E-state index in [1.807, 2.05) is 30.3 Å². The number of aliphatic hydroxyl groups is 1. The third-order valence-corrected chi connectivity index (χ3v) is 4.80. The van der Waals surface area contributed by atoms with Gasteiger partial charge in [-0.05, 0) is 17.7 Å². The second-order valence-corrected chi connectivity index (χ2v) is 6.72. The summed E-state index contributed by atoms with van der Waals surface area (Å²) in [5.41, 5.74) is 1.09. The van der Waals surface area contributed by atoms with Gasteiger partial charge in [-0.1, -0.05) is 41.7 Å². The van der Waals surface area contributed by atoms with Gasteiger partial charge in [-0.3, -0.25) is 5.32 Å². The average Bonchev–Trinajstić information content (AvgIpc) is 3.00. The van der Waals surface area contributed by atoms with Crippen molar-refractivity contribution in [3.63, 3.8) is 0 Å². The van der Waals surface area contributed by atoms with Gasteiger partial charge in [0.25, 0.3) is 0 Å². The molecule has 118 valence electrons. The molecule has 0 spiro atoms. The van der Waals surface area contributed by atoms with E-state index in [2.05, 4.69) is 15.6 Å². The van der Waals surface area contributed by atoms with Gasteiger partial charge in [0.15, 0.2) is 5.13 Å². The summed E-state index contributed by atoms with van der Waals surface area (Å²) in [6, 6.07) is 9.71. The highest BCUT2D eigenvalue weighted by atomic mass is 32.2. The van der Waals surface area contributed by atoms with E-state index >= 15 is 0 Å². The Morgan fingerprint density at radius 1 is 1.27 bits per heavy atom. The molecule has 0 saturated carbocycles. The highest BCUT2D eigenvalue weighted by Gasteiger charge is 2.07. The van der Waals surface area contributed by atoms with Crippen LogP contribution in [-0.4, -0.2) is 40.8 Å². The van der Waals surface area contributed by atoms with Crippen LogP contribution in [0.1, 0.15) is 6.42 Å². The molecule has 2 amide bonds. The lowest BCUT2D eigenvalue weighted by Gasteiger charge is -2.04. The zero-order valence-corrected chi connectivity index (χ0v) is 13.8. The summed E-state index contributed by atoms with van der Waals surface area (Å²) in [6.07, 6.45) is 2.55. The molecule has 0 aliphatic carbocycles. The Bertz CT molecular complexity index is 575. The lowest BCUT2D eigenvalue weighted by atomic mass is 10.2. The number of hydrogen-bond donors (Lipinski definition) is 3. The van der Waals surface area contributed by atoms with Gasteiger partial charge in [0, 0.05) is 25.1 Å².